The Morgan fingerprint density at radius 3 is 1.78 bits per heavy atom. The van der Waals surface area contributed by atoms with Gasteiger partial charge < -0.3 is 14.9 Å². The predicted molar refractivity (Wildman–Crippen MR) is 105 cm³/mol. The van der Waals surface area contributed by atoms with Crippen molar-refractivity contribution in [3.05, 3.63) is 0 Å². The lowest BCUT2D eigenvalue weighted by Gasteiger charge is -2.25. The van der Waals surface area contributed by atoms with Crippen LogP contribution < -0.4 is 0 Å². The zero-order valence-corrected chi connectivity index (χ0v) is 17.5. The molecule has 164 valence electrons. The second-order valence-electron chi connectivity index (χ2n) is 6.75. The molecule has 0 aliphatic heterocycles. The zero-order valence-electron chi connectivity index (χ0n) is 16.7. The van der Waals surface area contributed by atoms with Crippen molar-refractivity contribution in [1.82, 2.24) is 4.90 Å². The molecule has 27 heavy (non-hydrogen) atoms. The van der Waals surface area contributed by atoms with Gasteiger partial charge in [-0.1, -0.05) is 64.7 Å². The number of ether oxygens (including phenoxy) is 1. The van der Waals surface area contributed by atoms with Crippen LogP contribution in [-0.4, -0.2) is 73.8 Å². The van der Waals surface area contributed by atoms with Crippen LogP contribution in [-0.2, 0) is 19.3 Å². The van der Waals surface area contributed by atoms with Gasteiger partial charge in [-0.15, -0.1) is 0 Å². The van der Waals surface area contributed by atoms with Crippen molar-refractivity contribution in [3.8, 4) is 0 Å². The summed E-state index contributed by atoms with van der Waals surface area (Å²) in [4.78, 5) is 1.61. The smallest absolute Gasteiger partial charge is 0.395 e. The van der Waals surface area contributed by atoms with Gasteiger partial charge in [0.25, 0.3) is 0 Å². The van der Waals surface area contributed by atoms with E-state index in [1.54, 1.807) is 4.90 Å². The van der Waals surface area contributed by atoms with E-state index >= 15 is 0 Å². The van der Waals surface area contributed by atoms with Crippen LogP contribution in [0, 0.1) is 0 Å². The maximum atomic E-state index is 11.0. The molecule has 0 bridgehead atoms. The molecule has 0 aromatic rings. The summed E-state index contributed by atoms with van der Waals surface area (Å²) in [6.07, 6.45) is 10.6. The molecular formula is C18H39NO7S. The largest absolute Gasteiger partial charge is 0.399 e. The summed E-state index contributed by atoms with van der Waals surface area (Å²) >= 11 is 0. The molecule has 0 radical (unpaired) electrons. The van der Waals surface area contributed by atoms with Crippen LogP contribution in [0.4, 0.5) is 0 Å². The van der Waals surface area contributed by atoms with Crippen LogP contribution in [0.2, 0.25) is 0 Å². The minimum atomic E-state index is -4.64. The number of aliphatic hydroxyl groups excluding tert-OH is 2. The summed E-state index contributed by atoms with van der Waals surface area (Å²) < 4.78 is 40.8. The SMILES string of the molecule is CCCCCCCCCCCCOC(CN(CCO)CCO)OS(=O)(=O)O. The van der Waals surface area contributed by atoms with Gasteiger partial charge in [-0.2, -0.15) is 8.42 Å². The Balaban J connectivity index is 3.98. The minimum Gasteiger partial charge on any atom is -0.395 e. The fourth-order valence-corrected chi connectivity index (χ4v) is 3.23. The molecule has 3 N–H and O–H groups in total. The molecule has 0 heterocycles. The first-order chi connectivity index (χ1) is 12.9. The lowest BCUT2D eigenvalue weighted by Crippen LogP contribution is -2.39. The third kappa shape index (κ3) is 18.8. The summed E-state index contributed by atoms with van der Waals surface area (Å²) in [6.45, 7) is 2.76. The van der Waals surface area contributed by atoms with Crippen LogP contribution in [0.25, 0.3) is 0 Å². The zero-order chi connectivity index (χ0) is 20.4. The Kier molecular flexibility index (Phi) is 17.6. The summed E-state index contributed by atoms with van der Waals surface area (Å²) in [5.74, 6) is 0. The van der Waals surface area contributed by atoms with Gasteiger partial charge in [0.15, 0.2) is 6.29 Å². The van der Waals surface area contributed by atoms with Gasteiger partial charge in [0, 0.05) is 19.7 Å². The van der Waals surface area contributed by atoms with E-state index in [9.17, 15) is 8.42 Å². The first-order valence-corrected chi connectivity index (χ1v) is 11.5. The van der Waals surface area contributed by atoms with Crippen molar-refractivity contribution in [3.63, 3.8) is 0 Å². The van der Waals surface area contributed by atoms with Crippen LogP contribution in [0.3, 0.4) is 0 Å². The Hall–Kier alpha value is -0.290. The molecular weight excluding hydrogens is 374 g/mol. The van der Waals surface area contributed by atoms with Crippen LogP contribution in [0.5, 0.6) is 0 Å². The molecule has 9 heteroatoms. The monoisotopic (exact) mass is 413 g/mol. The van der Waals surface area contributed by atoms with E-state index in [-0.39, 0.29) is 32.8 Å². The maximum absolute atomic E-state index is 11.0. The van der Waals surface area contributed by atoms with Gasteiger partial charge in [-0.3, -0.25) is 9.45 Å². The lowest BCUT2D eigenvalue weighted by molar-refractivity contribution is -0.0992. The lowest BCUT2D eigenvalue weighted by atomic mass is 10.1. The molecule has 0 fully saturated rings. The van der Waals surface area contributed by atoms with E-state index in [0.29, 0.717) is 6.61 Å². The predicted octanol–water partition coefficient (Wildman–Crippen LogP) is 2.36. The Bertz CT molecular complexity index is 414. The minimum absolute atomic E-state index is 0.0265. The first kappa shape index (κ1) is 26.7. The number of aliphatic hydroxyl groups is 2. The van der Waals surface area contributed by atoms with Gasteiger partial charge in [-0.05, 0) is 6.42 Å². The first-order valence-electron chi connectivity index (χ1n) is 10.1. The van der Waals surface area contributed by atoms with Gasteiger partial charge >= 0.3 is 10.4 Å². The summed E-state index contributed by atoms with van der Waals surface area (Å²) in [6, 6.07) is 0. The van der Waals surface area contributed by atoms with Gasteiger partial charge in [0.1, 0.15) is 0 Å². The molecule has 0 aromatic heterocycles. The fraction of sp³-hybridized carbons (Fsp3) is 1.00. The van der Waals surface area contributed by atoms with Crippen molar-refractivity contribution < 1.29 is 32.1 Å². The van der Waals surface area contributed by atoms with Crippen molar-refractivity contribution in [1.29, 1.82) is 0 Å². The fourth-order valence-electron chi connectivity index (χ4n) is 2.84. The number of hydrogen-bond donors (Lipinski definition) is 3. The van der Waals surface area contributed by atoms with E-state index in [4.69, 9.17) is 19.5 Å². The third-order valence-electron chi connectivity index (χ3n) is 4.27. The van der Waals surface area contributed by atoms with E-state index < -0.39 is 16.7 Å². The number of hydrogen-bond acceptors (Lipinski definition) is 7. The quantitative estimate of drug-likeness (QED) is 0.158. The second kappa shape index (κ2) is 17.8. The molecule has 0 amide bonds. The van der Waals surface area contributed by atoms with Gasteiger partial charge in [-0.25, -0.2) is 4.18 Å². The van der Waals surface area contributed by atoms with Crippen molar-refractivity contribution in [2.45, 2.75) is 77.4 Å². The average molecular weight is 414 g/mol. The molecule has 0 saturated heterocycles. The highest BCUT2D eigenvalue weighted by atomic mass is 32.3. The highest BCUT2D eigenvalue weighted by Crippen LogP contribution is 2.11. The van der Waals surface area contributed by atoms with Crippen molar-refractivity contribution in [2.24, 2.45) is 0 Å². The summed E-state index contributed by atoms with van der Waals surface area (Å²) in [5.41, 5.74) is 0. The van der Waals surface area contributed by atoms with E-state index in [1.807, 2.05) is 0 Å². The van der Waals surface area contributed by atoms with Crippen molar-refractivity contribution >= 4 is 10.4 Å². The van der Waals surface area contributed by atoms with Gasteiger partial charge in [0.05, 0.1) is 19.8 Å². The number of nitrogens with zero attached hydrogens (tertiary/aromatic N) is 1. The highest BCUT2D eigenvalue weighted by molar-refractivity contribution is 7.80. The topological polar surface area (TPSA) is 117 Å². The number of rotatable bonds is 20. The summed E-state index contributed by atoms with van der Waals surface area (Å²) in [7, 11) is -4.64. The summed E-state index contributed by atoms with van der Waals surface area (Å²) in [5, 5.41) is 18.0. The highest BCUT2D eigenvalue weighted by Gasteiger charge is 2.21. The van der Waals surface area contributed by atoms with Crippen molar-refractivity contribution in [2.75, 3.05) is 39.5 Å². The Morgan fingerprint density at radius 2 is 1.33 bits per heavy atom. The molecule has 0 aromatic carbocycles. The molecule has 0 rings (SSSR count). The van der Waals surface area contributed by atoms with Gasteiger partial charge in [0.2, 0.25) is 0 Å². The maximum Gasteiger partial charge on any atom is 0.399 e. The molecule has 8 nitrogen and oxygen atoms in total. The Morgan fingerprint density at radius 1 is 0.852 bits per heavy atom. The van der Waals surface area contributed by atoms with E-state index in [0.717, 1.165) is 19.3 Å². The molecule has 1 unspecified atom stereocenters. The standard InChI is InChI=1S/C18H39NO7S/c1-2-3-4-5-6-7-8-9-10-11-16-25-18(26-27(22,23)24)17-19(12-14-20)13-15-21/h18,20-21H,2-17H2,1H3,(H,22,23,24). The molecule has 0 aliphatic rings. The van der Waals surface area contributed by atoms with Crippen LogP contribution >= 0.6 is 0 Å². The van der Waals surface area contributed by atoms with E-state index in [1.165, 1.54) is 44.9 Å². The Labute approximate surface area is 164 Å². The number of unbranched alkanes of at least 4 members (excludes halogenated alkanes) is 9. The molecule has 1 atom stereocenters. The van der Waals surface area contributed by atoms with E-state index in [2.05, 4.69) is 11.1 Å². The molecule has 0 saturated carbocycles. The van der Waals surface area contributed by atoms with Crippen LogP contribution in [0.15, 0.2) is 0 Å². The van der Waals surface area contributed by atoms with Crippen LogP contribution in [0.1, 0.15) is 71.1 Å². The molecule has 0 aliphatic carbocycles. The normalized spacial score (nSPS) is 13.4. The second-order valence-corrected chi connectivity index (χ2v) is 7.80. The molecule has 0 spiro atoms. The average Bonchev–Trinajstić information content (AvgIpc) is 2.58. The third-order valence-corrected chi connectivity index (χ3v) is 4.73.